The summed E-state index contributed by atoms with van der Waals surface area (Å²) in [5, 5.41) is 1.42. The summed E-state index contributed by atoms with van der Waals surface area (Å²) in [5.74, 6) is 0.108. The first kappa shape index (κ1) is 25.9. The number of benzene rings is 2. The molecule has 0 aliphatic carbocycles. The van der Waals surface area contributed by atoms with Gasteiger partial charge in [0.2, 0.25) is 0 Å². The van der Waals surface area contributed by atoms with Gasteiger partial charge in [-0.1, -0.05) is 11.6 Å². The van der Waals surface area contributed by atoms with Crippen LogP contribution >= 0.6 is 11.6 Å². The summed E-state index contributed by atoms with van der Waals surface area (Å²) in [5.41, 5.74) is 10.9. The molecule has 2 aromatic heterocycles. The van der Waals surface area contributed by atoms with Crippen molar-refractivity contribution in [1.82, 2.24) is 14.9 Å². The van der Waals surface area contributed by atoms with E-state index in [0.717, 1.165) is 74.5 Å². The predicted molar refractivity (Wildman–Crippen MR) is 153 cm³/mol. The van der Waals surface area contributed by atoms with Crippen LogP contribution in [0.1, 0.15) is 16.8 Å². The molecule has 39 heavy (non-hydrogen) atoms. The van der Waals surface area contributed by atoms with Crippen molar-refractivity contribution in [3.8, 4) is 17.0 Å². The zero-order valence-electron chi connectivity index (χ0n) is 21.7. The highest BCUT2D eigenvalue weighted by molar-refractivity contribution is 6.32. The lowest BCUT2D eigenvalue weighted by atomic mass is 10.1. The van der Waals surface area contributed by atoms with Gasteiger partial charge in [0.15, 0.2) is 0 Å². The number of pyridine rings is 1. The van der Waals surface area contributed by atoms with Crippen LogP contribution in [0.15, 0.2) is 42.5 Å². The molecule has 2 aliphatic heterocycles. The Hall–Kier alpha value is -3.37. The fraction of sp³-hybridized carbons (Fsp3) is 0.379. The first-order valence-corrected chi connectivity index (χ1v) is 13.8. The van der Waals surface area contributed by atoms with Gasteiger partial charge in [-0.2, -0.15) is 0 Å². The summed E-state index contributed by atoms with van der Waals surface area (Å²) >= 11 is 6.60. The molecule has 0 bridgehead atoms. The third-order valence-electron chi connectivity index (χ3n) is 7.39. The Labute approximate surface area is 231 Å². The zero-order valence-corrected chi connectivity index (χ0v) is 22.5. The number of primary amides is 1. The third kappa shape index (κ3) is 5.53. The molecule has 0 radical (unpaired) electrons. The highest BCUT2D eigenvalue weighted by Crippen LogP contribution is 2.34. The number of hydrogen-bond donors (Lipinski definition) is 2. The van der Waals surface area contributed by atoms with Gasteiger partial charge in [-0.3, -0.25) is 9.69 Å². The van der Waals surface area contributed by atoms with Crippen LogP contribution in [0.2, 0.25) is 5.02 Å². The van der Waals surface area contributed by atoms with Crippen molar-refractivity contribution in [2.24, 2.45) is 5.73 Å². The van der Waals surface area contributed by atoms with E-state index in [1.165, 1.54) is 0 Å². The van der Waals surface area contributed by atoms with E-state index in [9.17, 15) is 4.79 Å². The number of amides is 1. The molecule has 4 heterocycles. The van der Waals surface area contributed by atoms with Crippen molar-refractivity contribution in [2.75, 3.05) is 70.7 Å². The molecule has 0 unspecified atom stereocenters. The molecule has 4 aromatic rings. The van der Waals surface area contributed by atoms with Gasteiger partial charge in [-0.25, -0.2) is 4.98 Å². The minimum absolute atomic E-state index is 0.388. The fourth-order valence-electron chi connectivity index (χ4n) is 5.28. The van der Waals surface area contributed by atoms with Gasteiger partial charge in [0.1, 0.15) is 5.75 Å². The molecule has 0 atom stereocenters. The monoisotopic (exact) mass is 549 g/mol. The smallest absolute Gasteiger partial charge is 0.250 e. The van der Waals surface area contributed by atoms with Gasteiger partial charge in [0.05, 0.1) is 65.9 Å². The second kappa shape index (κ2) is 11.4. The Morgan fingerprint density at radius 1 is 1.03 bits per heavy atom. The molecule has 2 fully saturated rings. The molecule has 2 aliphatic rings. The number of carbonyl (C=O) groups is 1. The normalized spacial score (nSPS) is 16.7. The van der Waals surface area contributed by atoms with Gasteiger partial charge in [0.25, 0.3) is 5.91 Å². The third-order valence-corrected chi connectivity index (χ3v) is 7.68. The highest BCUT2D eigenvalue weighted by Gasteiger charge is 2.19. The highest BCUT2D eigenvalue weighted by atomic mass is 35.5. The van der Waals surface area contributed by atoms with Crippen LogP contribution in [0, 0.1) is 0 Å². The number of hydrogen-bond acceptors (Lipinski definition) is 7. The van der Waals surface area contributed by atoms with Crippen LogP contribution < -0.4 is 15.4 Å². The number of nitrogens with two attached hydrogens (primary N) is 1. The van der Waals surface area contributed by atoms with Crippen LogP contribution in [0.25, 0.3) is 33.2 Å². The van der Waals surface area contributed by atoms with E-state index in [-0.39, 0.29) is 0 Å². The number of rotatable bonds is 8. The number of morpholine rings is 2. The van der Waals surface area contributed by atoms with E-state index in [4.69, 9.17) is 36.5 Å². The zero-order chi connectivity index (χ0) is 26.8. The molecule has 0 saturated carbocycles. The molecule has 9 nitrogen and oxygen atoms in total. The number of nitrogens with zero attached hydrogens (tertiary/aromatic N) is 3. The average Bonchev–Trinajstić information content (AvgIpc) is 3.34. The summed E-state index contributed by atoms with van der Waals surface area (Å²) in [6.07, 6.45) is 0.909. The van der Waals surface area contributed by atoms with E-state index in [1.54, 1.807) is 6.07 Å². The quantitative estimate of drug-likeness (QED) is 0.319. The predicted octanol–water partition coefficient (Wildman–Crippen LogP) is 4.07. The number of aromatic nitrogens is 2. The number of halogens is 1. The molecule has 6 rings (SSSR count). The topological polar surface area (TPSA) is 106 Å². The van der Waals surface area contributed by atoms with Gasteiger partial charge in [-0.15, -0.1) is 0 Å². The second-order valence-electron chi connectivity index (χ2n) is 9.90. The molecule has 2 aromatic carbocycles. The van der Waals surface area contributed by atoms with E-state index in [0.29, 0.717) is 52.9 Å². The summed E-state index contributed by atoms with van der Waals surface area (Å²) in [6, 6.07) is 13.5. The lowest BCUT2D eigenvalue weighted by Crippen LogP contribution is -2.37. The maximum Gasteiger partial charge on any atom is 0.250 e. The van der Waals surface area contributed by atoms with Crippen LogP contribution in [-0.4, -0.2) is 86.5 Å². The van der Waals surface area contributed by atoms with Crippen molar-refractivity contribution < 1.29 is 19.0 Å². The SMILES string of the molecule is NC(=O)c1cc(-c2ccc(OCCCN3CCOCC3)c(Cl)c2)nc2c1[nH]c1cc(N3CCOCC3)ccc12. The molecule has 3 N–H and O–H groups in total. The Morgan fingerprint density at radius 3 is 2.54 bits per heavy atom. The van der Waals surface area contributed by atoms with Crippen LogP contribution in [0.4, 0.5) is 5.69 Å². The number of fused-ring (bicyclic) bond motifs is 3. The van der Waals surface area contributed by atoms with Crippen LogP contribution in [0.5, 0.6) is 5.75 Å². The maximum atomic E-state index is 12.5. The maximum absolute atomic E-state index is 12.5. The van der Waals surface area contributed by atoms with Crippen molar-refractivity contribution in [3.63, 3.8) is 0 Å². The summed E-state index contributed by atoms with van der Waals surface area (Å²) in [6.45, 7) is 8.16. The number of aromatic amines is 1. The lowest BCUT2D eigenvalue weighted by Gasteiger charge is -2.28. The van der Waals surface area contributed by atoms with Crippen molar-refractivity contribution in [3.05, 3.63) is 53.1 Å². The Bertz CT molecular complexity index is 1490. The van der Waals surface area contributed by atoms with Gasteiger partial charge in [-0.05, 0) is 48.9 Å². The molecule has 0 spiro atoms. The van der Waals surface area contributed by atoms with E-state index < -0.39 is 5.91 Å². The van der Waals surface area contributed by atoms with E-state index >= 15 is 0 Å². The molecule has 2 saturated heterocycles. The molecule has 1 amide bonds. The summed E-state index contributed by atoms with van der Waals surface area (Å²) in [7, 11) is 0. The summed E-state index contributed by atoms with van der Waals surface area (Å²) in [4.78, 5) is 25.4. The van der Waals surface area contributed by atoms with Crippen molar-refractivity contribution in [1.29, 1.82) is 0 Å². The molecular formula is C29H32ClN5O4. The molecule has 204 valence electrons. The van der Waals surface area contributed by atoms with Gasteiger partial charge >= 0.3 is 0 Å². The number of carbonyl (C=O) groups excluding carboxylic acids is 1. The number of nitrogens with one attached hydrogen (secondary N) is 1. The number of H-pyrrole nitrogens is 1. The lowest BCUT2D eigenvalue weighted by molar-refractivity contribution is 0.0358. The first-order valence-electron chi connectivity index (χ1n) is 13.4. The average molecular weight is 550 g/mol. The molecular weight excluding hydrogens is 518 g/mol. The first-order chi connectivity index (χ1) is 19.1. The van der Waals surface area contributed by atoms with Crippen molar-refractivity contribution in [2.45, 2.75) is 6.42 Å². The number of ether oxygens (including phenoxy) is 3. The van der Waals surface area contributed by atoms with E-state index in [2.05, 4.69) is 26.9 Å². The van der Waals surface area contributed by atoms with Crippen LogP contribution in [0.3, 0.4) is 0 Å². The van der Waals surface area contributed by atoms with Gasteiger partial charge < -0.3 is 29.8 Å². The van der Waals surface area contributed by atoms with E-state index in [1.807, 2.05) is 24.3 Å². The van der Waals surface area contributed by atoms with Crippen LogP contribution in [-0.2, 0) is 9.47 Å². The van der Waals surface area contributed by atoms with Gasteiger partial charge in [0, 0.05) is 49.4 Å². The fourth-order valence-corrected chi connectivity index (χ4v) is 5.51. The second-order valence-corrected chi connectivity index (χ2v) is 10.3. The minimum atomic E-state index is -0.519. The standard InChI is InChI=1S/C29H32ClN5O4/c30-23-16-19(2-5-26(23)39-11-1-6-34-7-12-37-13-8-34)24-18-22(29(31)36)28-27(32-24)21-4-3-20(17-25(21)33-28)35-9-14-38-15-10-35/h2-5,16-18,33H,1,6-15H2,(H2,31,36). The Morgan fingerprint density at radius 2 is 1.79 bits per heavy atom. The largest absolute Gasteiger partial charge is 0.492 e. The Balaban J connectivity index is 1.25. The molecule has 10 heteroatoms. The number of anilines is 1. The minimum Gasteiger partial charge on any atom is -0.492 e. The summed E-state index contributed by atoms with van der Waals surface area (Å²) < 4.78 is 16.8. The van der Waals surface area contributed by atoms with Crippen molar-refractivity contribution >= 4 is 45.1 Å². The Kier molecular flexibility index (Phi) is 7.56.